The molecule has 0 bridgehead atoms. The fraction of sp³-hybridized carbons (Fsp3) is 1.00. The summed E-state index contributed by atoms with van der Waals surface area (Å²) in [7, 11) is 0. The molecule has 1 atom stereocenters. The third kappa shape index (κ3) is 5.43. The Morgan fingerprint density at radius 1 is 1.11 bits per heavy atom. The highest BCUT2D eigenvalue weighted by Crippen LogP contribution is 2.30. The molecule has 2 fully saturated rings. The fourth-order valence-corrected chi connectivity index (χ4v) is 3.85. The lowest BCUT2D eigenvalue weighted by molar-refractivity contribution is 0.164. The molecule has 0 aromatic rings. The van der Waals surface area contributed by atoms with Crippen molar-refractivity contribution in [2.45, 2.75) is 77.8 Å². The molecular weight excluding hydrogens is 232 g/mol. The van der Waals surface area contributed by atoms with E-state index in [1.165, 1.54) is 64.6 Å². The third-order valence-electron chi connectivity index (χ3n) is 5.06. The normalized spacial score (nSPS) is 33.8. The lowest BCUT2D eigenvalue weighted by Gasteiger charge is -2.35. The van der Waals surface area contributed by atoms with E-state index < -0.39 is 0 Å². The topological polar surface area (TPSA) is 15.3 Å². The number of rotatable bonds is 5. The van der Waals surface area contributed by atoms with Gasteiger partial charge in [-0.15, -0.1) is 0 Å². The second-order valence-electron chi connectivity index (χ2n) is 7.38. The van der Waals surface area contributed by atoms with Crippen LogP contribution in [0.4, 0.5) is 0 Å². The molecule has 1 saturated carbocycles. The smallest absolute Gasteiger partial charge is 0.0197 e. The summed E-state index contributed by atoms with van der Waals surface area (Å²) in [5.74, 6) is 2.01. The van der Waals surface area contributed by atoms with Gasteiger partial charge in [-0.25, -0.2) is 0 Å². The number of hydrogen-bond acceptors (Lipinski definition) is 2. The molecule has 1 aliphatic carbocycles. The number of nitrogens with zero attached hydrogens (tertiary/aromatic N) is 1. The summed E-state index contributed by atoms with van der Waals surface area (Å²) in [6.45, 7) is 10.9. The van der Waals surface area contributed by atoms with Gasteiger partial charge in [0.2, 0.25) is 0 Å². The quantitative estimate of drug-likeness (QED) is 0.817. The predicted molar refractivity (Wildman–Crippen MR) is 83.5 cm³/mol. The first kappa shape index (κ1) is 15.3. The van der Waals surface area contributed by atoms with Crippen molar-refractivity contribution in [3.8, 4) is 0 Å². The zero-order valence-electron chi connectivity index (χ0n) is 13.3. The highest BCUT2D eigenvalue weighted by molar-refractivity contribution is 4.80. The van der Waals surface area contributed by atoms with Crippen LogP contribution in [0.15, 0.2) is 0 Å². The van der Waals surface area contributed by atoms with Crippen molar-refractivity contribution in [2.75, 3.05) is 19.6 Å². The van der Waals surface area contributed by atoms with Crippen LogP contribution in [0.25, 0.3) is 0 Å². The van der Waals surface area contributed by atoms with Crippen molar-refractivity contribution in [3.63, 3.8) is 0 Å². The van der Waals surface area contributed by atoms with Crippen LogP contribution in [0.1, 0.15) is 65.7 Å². The Morgan fingerprint density at radius 3 is 2.53 bits per heavy atom. The summed E-state index contributed by atoms with van der Waals surface area (Å²) in [6.07, 6.45) is 10.1. The van der Waals surface area contributed by atoms with Gasteiger partial charge < -0.3 is 10.2 Å². The van der Waals surface area contributed by atoms with E-state index in [1.54, 1.807) is 0 Å². The molecule has 0 amide bonds. The minimum atomic E-state index is 0.629. The van der Waals surface area contributed by atoms with E-state index in [1.807, 2.05) is 0 Å². The van der Waals surface area contributed by atoms with E-state index in [0.29, 0.717) is 6.04 Å². The summed E-state index contributed by atoms with van der Waals surface area (Å²) >= 11 is 0. The SMILES string of the molecule is CC1CCC(CCN2CCCC(NC(C)C)C2)CC1. The Bertz CT molecular complexity index is 244. The van der Waals surface area contributed by atoms with Crippen molar-refractivity contribution in [1.82, 2.24) is 10.2 Å². The van der Waals surface area contributed by atoms with Crippen molar-refractivity contribution >= 4 is 0 Å². The first-order valence-corrected chi connectivity index (χ1v) is 8.62. The zero-order valence-corrected chi connectivity index (χ0v) is 13.3. The second-order valence-corrected chi connectivity index (χ2v) is 7.38. The van der Waals surface area contributed by atoms with Crippen molar-refractivity contribution in [2.24, 2.45) is 11.8 Å². The van der Waals surface area contributed by atoms with E-state index in [-0.39, 0.29) is 0 Å². The van der Waals surface area contributed by atoms with Gasteiger partial charge in [0.1, 0.15) is 0 Å². The van der Waals surface area contributed by atoms with Crippen LogP contribution in [0.3, 0.4) is 0 Å². The number of likely N-dealkylation sites (tertiary alicyclic amines) is 1. The van der Waals surface area contributed by atoms with Crippen LogP contribution in [0, 0.1) is 11.8 Å². The maximum absolute atomic E-state index is 3.71. The van der Waals surface area contributed by atoms with E-state index in [2.05, 4.69) is 31.0 Å². The third-order valence-corrected chi connectivity index (χ3v) is 5.06. The molecule has 2 aliphatic rings. The minimum absolute atomic E-state index is 0.629. The Hall–Kier alpha value is -0.0800. The first-order valence-electron chi connectivity index (χ1n) is 8.62. The van der Waals surface area contributed by atoms with Gasteiger partial charge in [-0.2, -0.15) is 0 Å². The molecule has 0 spiro atoms. The molecule has 2 heteroatoms. The lowest BCUT2D eigenvalue weighted by Crippen LogP contribution is -2.48. The number of nitrogens with one attached hydrogen (secondary N) is 1. The standard InChI is InChI=1S/C17H34N2/c1-14(2)18-17-5-4-11-19(13-17)12-10-16-8-6-15(3)7-9-16/h14-18H,4-13H2,1-3H3. The molecule has 0 aromatic heterocycles. The Balaban J connectivity index is 1.65. The van der Waals surface area contributed by atoms with E-state index >= 15 is 0 Å². The average Bonchev–Trinajstić information content (AvgIpc) is 2.38. The molecule has 1 N–H and O–H groups in total. The molecule has 0 aromatic carbocycles. The molecule has 2 nitrogen and oxygen atoms in total. The first-order chi connectivity index (χ1) is 9.13. The number of piperidine rings is 1. The van der Waals surface area contributed by atoms with Crippen LogP contribution in [0.2, 0.25) is 0 Å². The maximum Gasteiger partial charge on any atom is 0.0197 e. The molecule has 19 heavy (non-hydrogen) atoms. The zero-order chi connectivity index (χ0) is 13.7. The maximum atomic E-state index is 3.71. The molecule has 1 aliphatic heterocycles. The van der Waals surface area contributed by atoms with Gasteiger partial charge in [0, 0.05) is 18.6 Å². The predicted octanol–water partition coefficient (Wildman–Crippen LogP) is 3.67. The number of hydrogen-bond donors (Lipinski definition) is 1. The second kappa shape index (κ2) is 7.64. The van der Waals surface area contributed by atoms with Gasteiger partial charge in [-0.1, -0.05) is 46.5 Å². The monoisotopic (exact) mass is 266 g/mol. The van der Waals surface area contributed by atoms with Crippen molar-refractivity contribution < 1.29 is 0 Å². The Labute approximate surface area is 120 Å². The van der Waals surface area contributed by atoms with E-state index in [0.717, 1.165) is 17.9 Å². The molecule has 1 unspecified atom stereocenters. The molecular formula is C17H34N2. The van der Waals surface area contributed by atoms with Gasteiger partial charge in [0.25, 0.3) is 0 Å². The minimum Gasteiger partial charge on any atom is -0.311 e. The van der Waals surface area contributed by atoms with Gasteiger partial charge >= 0.3 is 0 Å². The van der Waals surface area contributed by atoms with Crippen LogP contribution < -0.4 is 5.32 Å². The van der Waals surface area contributed by atoms with E-state index in [4.69, 9.17) is 0 Å². The Kier molecular flexibility index (Phi) is 6.15. The van der Waals surface area contributed by atoms with E-state index in [9.17, 15) is 0 Å². The average molecular weight is 266 g/mol. The Morgan fingerprint density at radius 2 is 1.84 bits per heavy atom. The largest absolute Gasteiger partial charge is 0.311 e. The van der Waals surface area contributed by atoms with Gasteiger partial charge in [0.05, 0.1) is 0 Å². The van der Waals surface area contributed by atoms with Crippen molar-refractivity contribution in [3.05, 3.63) is 0 Å². The highest BCUT2D eigenvalue weighted by atomic mass is 15.2. The highest BCUT2D eigenvalue weighted by Gasteiger charge is 2.22. The summed E-state index contributed by atoms with van der Waals surface area (Å²) in [5.41, 5.74) is 0. The molecule has 1 saturated heterocycles. The summed E-state index contributed by atoms with van der Waals surface area (Å²) in [5, 5.41) is 3.71. The molecule has 1 heterocycles. The summed E-state index contributed by atoms with van der Waals surface area (Å²) in [4.78, 5) is 2.71. The van der Waals surface area contributed by atoms with Gasteiger partial charge in [-0.3, -0.25) is 0 Å². The van der Waals surface area contributed by atoms with Crippen molar-refractivity contribution in [1.29, 1.82) is 0 Å². The van der Waals surface area contributed by atoms with Crippen LogP contribution in [-0.4, -0.2) is 36.6 Å². The lowest BCUT2D eigenvalue weighted by atomic mass is 9.81. The molecule has 0 radical (unpaired) electrons. The van der Waals surface area contributed by atoms with Crippen LogP contribution in [-0.2, 0) is 0 Å². The van der Waals surface area contributed by atoms with Gasteiger partial charge in [-0.05, 0) is 44.2 Å². The fourth-order valence-electron chi connectivity index (χ4n) is 3.85. The molecule has 112 valence electrons. The summed E-state index contributed by atoms with van der Waals surface area (Å²) in [6, 6.07) is 1.37. The van der Waals surface area contributed by atoms with Crippen LogP contribution in [0.5, 0.6) is 0 Å². The summed E-state index contributed by atoms with van der Waals surface area (Å²) < 4.78 is 0. The van der Waals surface area contributed by atoms with Crippen LogP contribution >= 0.6 is 0 Å². The molecule has 2 rings (SSSR count). The van der Waals surface area contributed by atoms with Gasteiger partial charge in [0.15, 0.2) is 0 Å².